The van der Waals surface area contributed by atoms with Crippen LogP contribution in [0, 0.1) is 11.3 Å². The molecule has 1 heterocycles. The maximum Gasteiger partial charge on any atom is 0.261 e. The Morgan fingerprint density at radius 2 is 1.82 bits per heavy atom. The van der Waals surface area contributed by atoms with Gasteiger partial charge in [-0.15, -0.1) is 0 Å². The lowest BCUT2D eigenvalue weighted by Crippen LogP contribution is -2.26. The summed E-state index contributed by atoms with van der Waals surface area (Å²) in [6.07, 6.45) is 4.22. The Balaban J connectivity index is 1.32. The molecule has 164 valence electrons. The van der Waals surface area contributed by atoms with E-state index in [0.717, 1.165) is 37.8 Å². The van der Waals surface area contributed by atoms with Gasteiger partial charge in [-0.1, -0.05) is 58.4 Å². The Bertz CT molecular complexity index is 1320. The SMILES string of the molecule is N#C/C(=C/c1ccc(OCc2ccc(Br)cc2)cc1)C(=O)NCCc1c[nH]c2ccccc12. The van der Waals surface area contributed by atoms with Gasteiger partial charge in [0.2, 0.25) is 0 Å². The van der Waals surface area contributed by atoms with Crippen LogP contribution >= 0.6 is 15.9 Å². The number of nitrogens with one attached hydrogen (secondary N) is 2. The number of hydrogen-bond donors (Lipinski definition) is 2. The maximum absolute atomic E-state index is 12.5. The number of nitrogens with zero attached hydrogens (tertiary/aromatic N) is 1. The van der Waals surface area contributed by atoms with Crippen LogP contribution in [-0.4, -0.2) is 17.4 Å². The van der Waals surface area contributed by atoms with Crippen LogP contribution in [-0.2, 0) is 17.8 Å². The Morgan fingerprint density at radius 3 is 2.58 bits per heavy atom. The van der Waals surface area contributed by atoms with Crippen LogP contribution in [0.3, 0.4) is 0 Å². The summed E-state index contributed by atoms with van der Waals surface area (Å²) in [4.78, 5) is 15.7. The van der Waals surface area contributed by atoms with Crippen LogP contribution in [0.15, 0.2) is 89.0 Å². The van der Waals surface area contributed by atoms with E-state index in [9.17, 15) is 10.1 Å². The number of ether oxygens (including phenoxy) is 1. The highest BCUT2D eigenvalue weighted by atomic mass is 79.9. The average Bonchev–Trinajstić information content (AvgIpc) is 3.26. The van der Waals surface area contributed by atoms with Gasteiger partial charge in [-0.2, -0.15) is 5.26 Å². The second-order valence-corrected chi connectivity index (χ2v) is 8.44. The minimum absolute atomic E-state index is 0.0671. The Labute approximate surface area is 200 Å². The number of para-hydroxylation sites is 1. The highest BCUT2D eigenvalue weighted by Gasteiger charge is 2.10. The minimum Gasteiger partial charge on any atom is -0.489 e. The largest absolute Gasteiger partial charge is 0.489 e. The van der Waals surface area contributed by atoms with E-state index in [0.29, 0.717) is 19.6 Å². The van der Waals surface area contributed by atoms with Gasteiger partial charge in [-0.3, -0.25) is 4.79 Å². The van der Waals surface area contributed by atoms with Crippen molar-refractivity contribution < 1.29 is 9.53 Å². The van der Waals surface area contributed by atoms with E-state index in [1.54, 1.807) is 6.08 Å². The first-order valence-corrected chi connectivity index (χ1v) is 11.3. The molecule has 0 saturated heterocycles. The van der Waals surface area contributed by atoms with Gasteiger partial charge in [0.25, 0.3) is 5.91 Å². The monoisotopic (exact) mass is 499 g/mol. The molecule has 0 aliphatic carbocycles. The quantitative estimate of drug-likeness (QED) is 0.238. The molecule has 0 aliphatic heterocycles. The molecular weight excluding hydrogens is 478 g/mol. The van der Waals surface area contributed by atoms with Crippen molar-refractivity contribution in [1.82, 2.24) is 10.3 Å². The molecule has 0 bridgehead atoms. The lowest BCUT2D eigenvalue weighted by molar-refractivity contribution is -0.117. The Hall–Kier alpha value is -3.82. The number of amides is 1. The maximum atomic E-state index is 12.5. The third kappa shape index (κ3) is 5.91. The van der Waals surface area contributed by atoms with Crippen LogP contribution in [0.2, 0.25) is 0 Å². The molecule has 1 amide bonds. The van der Waals surface area contributed by atoms with E-state index in [4.69, 9.17) is 4.74 Å². The number of aromatic nitrogens is 1. The van der Waals surface area contributed by atoms with Gasteiger partial charge in [0.1, 0.15) is 24.0 Å². The van der Waals surface area contributed by atoms with Crippen LogP contribution in [0.5, 0.6) is 5.75 Å². The van der Waals surface area contributed by atoms with E-state index in [-0.39, 0.29) is 11.5 Å². The summed E-state index contributed by atoms with van der Waals surface area (Å²) in [7, 11) is 0. The van der Waals surface area contributed by atoms with E-state index in [1.807, 2.05) is 79.0 Å². The smallest absolute Gasteiger partial charge is 0.261 e. The minimum atomic E-state index is -0.382. The van der Waals surface area contributed by atoms with Crippen molar-refractivity contribution in [2.24, 2.45) is 0 Å². The molecule has 0 radical (unpaired) electrons. The summed E-state index contributed by atoms with van der Waals surface area (Å²) in [6.45, 7) is 0.910. The molecule has 0 saturated carbocycles. The molecule has 33 heavy (non-hydrogen) atoms. The summed E-state index contributed by atoms with van der Waals surface area (Å²) in [5, 5.41) is 13.4. The van der Waals surface area contributed by atoms with Crippen LogP contribution < -0.4 is 10.1 Å². The van der Waals surface area contributed by atoms with Gasteiger partial charge in [0.05, 0.1) is 0 Å². The van der Waals surface area contributed by atoms with Crippen molar-refractivity contribution in [3.05, 3.63) is 106 Å². The van der Waals surface area contributed by atoms with Gasteiger partial charge in [0, 0.05) is 28.1 Å². The number of halogens is 1. The lowest BCUT2D eigenvalue weighted by Gasteiger charge is -2.07. The number of rotatable bonds is 8. The number of hydrogen-bond acceptors (Lipinski definition) is 3. The van der Waals surface area contributed by atoms with Crippen molar-refractivity contribution in [1.29, 1.82) is 5.26 Å². The summed E-state index contributed by atoms with van der Waals surface area (Å²) in [5.74, 6) is 0.338. The first kappa shape index (κ1) is 22.4. The molecule has 0 spiro atoms. The van der Waals surface area contributed by atoms with E-state index >= 15 is 0 Å². The topological polar surface area (TPSA) is 77.9 Å². The molecule has 4 aromatic rings. The van der Waals surface area contributed by atoms with Gasteiger partial charge in [0.15, 0.2) is 0 Å². The molecule has 0 atom stereocenters. The third-order valence-electron chi connectivity index (χ3n) is 5.23. The van der Waals surface area contributed by atoms with E-state index in [1.165, 1.54) is 0 Å². The van der Waals surface area contributed by atoms with Crippen molar-refractivity contribution in [3.63, 3.8) is 0 Å². The highest BCUT2D eigenvalue weighted by Crippen LogP contribution is 2.19. The number of aromatic amines is 1. The molecule has 4 rings (SSSR count). The van der Waals surface area contributed by atoms with E-state index in [2.05, 4.69) is 32.3 Å². The first-order chi connectivity index (χ1) is 16.1. The summed E-state index contributed by atoms with van der Waals surface area (Å²) in [5.41, 5.74) is 4.10. The molecule has 1 aromatic heterocycles. The molecule has 3 aromatic carbocycles. The number of fused-ring (bicyclic) bond motifs is 1. The van der Waals surface area contributed by atoms with Gasteiger partial charge in [-0.25, -0.2) is 0 Å². The molecule has 0 fully saturated rings. The normalized spacial score (nSPS) is 11.2. The van der Waals surface area contributed by atoms with Crippen molar-refractivity contribution in [2.45, 2.75) is 13.0 Å². The third-order valence-corrected chi connectivity index (χ3v) is 5.76. The van der Waals surface area contributed by atoms with Crippen LogP contribution in [0.25, 0.3) is 17.0 Å². The lowest BCUT2D eigenvalue weighted by atomic mass is 10.1. The fourth-order valence-electron chi connectivity index (χ4n) is 3.47. The fourth-order valence-corrected chi connectivity index (χ4v) is 3.73. The van der Waals surface area contributed by atoms with Gasteiger partial charge >= 0.3 is 0 Å². The fraction of sp³-hybridized carbons (Fsp3) is 0.111. The molecule has 6 heteroatoms. The molecular formula is C27H22BrN3O2. The zero-order valence-corrected chi connectivity index (χ0v) is 19.4. The standard InChI is InChI=1S/C27H22BrN3O2/c28-23-9-5-20(6-10-23)18-33-24-11-7-19(8-12-24)15-22(16-29)27(32)30-14-13-21-17-31-26-4-2-1-3-25(21)26/h1-12,15,17,31H,13-14,18H2,(H,30,32)/b22-15-. The Kier molecular flexibility index (Phi) is 7.23. The molecule has 0 aliphatic rings. The zero-order chi connectivity index (χ0) is 23.0. The second-order valence-electron chi connectivity index (χ2n) is 7.52. The number of carbonyl (C=O) groups excluding carboxylic acids is 1. The first-order valence-electron chi connectivity index (χ1n) is 10.5. The predicted octanol–water partition coefficient (Wildman–Crippen LogP) is 5.78. The van der Waals surface area contributed by atoms with E-state index < -0.39 is 0 Å². The zero-order valence-electron chi connectivity index (χ0n) is 17.8. The van der Waals surface area contributed by atoms with Gasteiger partial charge < -0.3 is 15.0 Å². The second kappa shape index (κ2) is 10.7. The summed E-state index contributed by atoms with van der Waals surface area (Å²) >= 11 is 3.42. The number of carbonyl (C=O) groups is 1. The van der Waals surface area contributed by atoms with Gasteiger partial charge in [-0.05, 0) is 59.5 Å². The number of H-pyrrole nitrogens is 1. The van der Waals surface area contributed by atoms with Crippen molar-refractivity contribution >= 4 is 38.8 Å². The summed E-state index contributed by atoms with van der Waals surface area (Å²) < 4.78 is 6.83. The Morgan fingerprint density at radius 1 is 1.06 bits per heavy atom. The number of nitriles is 1. The predicted molar refractivity (Wildman–Crippen MR) is 134 cm³/mol. The number of benzene rings is 3. The molecule has 5 nitrogen and oxygen atoms in total. The van der Waals surface area contributed by atoms with Crippen LogP contribution in [0.1, 0.15) is 16.7 Å². The average molecular weight is 500 g/mol. The van der Waals surface area contributed by atoms with Crippen molar-refractivity contribution in [2.75, 3.05) is 6.54 Å². The summed E-state index contributed by atoms with van der Waals surface area (Å²) in [6, 6.07) is 25.3. The molecule has 0 unspecified atom stereocenters. The van der Waals surface area contributed by atoms with Crippen molar-refractivity contribution in [3.8, 4) is 11.8 Å². The highest BCUT2D eigenvalue weighted by molar-refractivity contribution is 9.10. The van der Waals surface area contributed by atoms with Crippen LogP contribution in [0.4, 0.5) is 0 Å². The molecule has 2 N–H and O–H groups in total.